The molecule has 2 aromatic heterocycles. The number of thiazole rings is 1. The van der Waals surface area contributed by atoms with Gasteiger partial charge in [-0.05, 0) is 38.1 Å². The molecule has 0 radical (unpaired) electrons. The van der Waals surface area contributed by atoms with E-state index in [1.807, 2.05) is 54.9 Å². The second-order valence-electron chi connectivity index (χ2n) is 5.52. The van der Waals surface area contributed by atoms with Crippen LogP contribution in [-0.4, -0.2) is 25.8 Å². The fraction of sp³-hybridized carbons (Fsp3) is 0.235. The molecule has 0 saturated carbocycles. The molecule has 5 nitrogen and oxygen atoms in total. The monoisotopic (exact) mass is 327 g/mol. The van der Waals surface area contributed by atoms with Crippen LogP contribution < -0.4 is 0 Å². The molecule has 0 atom stereocenters. The summed E-state index contributed by atoms with van der Waals surface area (Å²) in [6.45, 7) is 4.08. The van der Waals surface area contributed by atoms with Crippen LogP contribution in [0, 0.1) is 0 Å². The fourth-order valence-corrected chi connectivity index (χ4v) is 3.39. The van der Waals surface area contributed by atoms with Crippen LogP contribution in [0.25, 0.3) is 21.9 Å². The number of fused-ring (bicyclic) bond motifs is 1. The van der Waals surface area contributed by atoms with Gasteiger partial charge in [0.25, 0.3) is 0 Å². The van der Waals surface area contributed by atoms with E-state index in [4.69, 9.17) is 0 Å². The molecule has 6 heteroatoms. The predicted molar refractivity (Wildman–Crippen MR) is 92.4 cm³/mol. The molecule has 0 saturated heterocycles. The maximum absolute atomic E-state index is 11.3. The first-order chi connectivity index (χ1) is 11.0. The van der Waals surface area contributed by atoms with Crippen molar-refractivity contribution < 1.29 is 9.90 Å². The van der Waals surface area contributed by atoms with Crippen molar-refractivity contribution in [2.75, 3.05) is 0 Å². The minimum absolute atomic E-state index is 0.0664. The third kappa shape index (κ3) is 3.32. The average molecular weight is 327 g/mol. The highest BCUT2D eigenvalue weighted by molar-refractivity contribution is 7.19. The SMILES string of the molecule is CC(C)n1nccc1/C=C(/CC(=O)O)c1nc2ccccc2s1. The molecule has 0 aliphatic carbocycles. The van der Waals surface area contributed by atoms with E-state index in [9.17, 15) is 9.90 Å². The Kier molecular flexibility index (Phi) is 4.25. The van der Waals surface area contributed by atoms with Gasteiger partial charge in [0.15, 0.2) is 0 Å². The van der Waals surface area contributed by atoms with E-state index in [1.165, 1.54) is 11.3 Å². The van der Waals surface area contributed by atoms with Crippen LogP contribution in [0.5, 0.6) is 0 Å². The van der Waals surface area contributed by atoms with Crippen LogP contribution in [0.2, 0.25) is 0 Å². The van der Waals surface area contributed by atoms with Crippen molar-refractivity contribution in [3.8, 4) is 0 Å². The Morgan fingerprint density at radius 2 is 2.13 bits per heavy atom. The lowest BCUT2D eigenvalue weighted by Gasteiger charge is -2.09. The highest BCUT2D eigenvalue weighted by Gasteiger charge is 2.14. The average Bonchev–Trinajstić information content (AvgIpc) is 3.12. The summed E-state index contributed by atoms with van der Waals surface area (Å²) in [7, 11) is 0. The van der Waals surface area contributed by atoms with Gasteiger partial charge in [0, 0.05) is 17.8 Å². The zero-order valence-electron chi connectivity index (χ0n) is 12.9. The maximum Gasteiger partial charge on any atom is 0.307 e. The normalized spacial score (nSPS) is 12.2. The molecule has 0 bridgehead atoms. The first-order valence-electron chi connectivity index (χ1n) is 7.36. The molecular weight excluding hydrogens is 310 g/mol. The quantitative estimate of drug-likeness (QED) is 0.766. The Balaban J connectivity index is 2.08. The topological polar surface area (TPSA) is 68.0 Å². The minimum atomic E-state index is -0.869. The van der Waals surface area contributed by atoms with Gasteiger partial charge in [-0.1, -0.05) is 12.1 Å². The lowest BCUT2D eigenvalue weighted by molar-refractivity contribution is -0.135. The van der Waals surface area contributed by atoms with Gasteiger partial charge in [0.2, 0.25) is 0 Å². The number of carboxylic acid groups (broad SMARTS) is 1. The molecule has 0 aliphatic heterocycles. The number of para-hydroxylation sites is 1. The Labute approximate surface area is 137 Å². The summed E-state index contributed by atoms with van der Waals surface area (Å²) in [5.41, 5.74) is 2.47. The van der Waals surface area contributed by atoms with Crippen molar-refractivity contribution in [2.45, 2.75) is 26.3 Å². The summed E-state index contributed by atoms with van der Waals surface area (Å²) < 4.78 is 2.92. The van der Waals surface area contributed by atoms with Crippen molar-refractivity contribution in [3.63, 3.8) is 0 Å². The lowest BCUT2D eigenvalue weighted by Crippen LogP contribution is -2.05. The molecule has 3 rings (SSSR count). The van der Waals surface area contributed by atoms with E-state index >= 15 is 0 Å². The zero-order valence-corrected chi connectivity index (χ0v) is 13.7. The van der Waals surface area contributed by atoms with E-state index in [-0.39, 0.29) is 12.5 Å². The number of rotatable bonds is 5. The second-order valence-corrected chi connectivity index (χ2v) is 6.55. The number of carbonyl (C=O) groups is 1. The number of hydrogen-bond donors (Lipinski definition) is 1. The molecule has 0 fully saturated rings. The number of benzene rings is 1. The molecule has 3 aromatic rings. The van der Waals surface area contributed by atoms with Gasteiger partial charge in [-0.3, -0.25) is 9.48 Å². The number of carboxylic acids is 1. The standard InChI is InChI=1S/C17H17N3O2S/c1-11(2)20-13(7-8-18-20)9-12(10-16(21)22)17-19-14-5-3-4-6-15(14)23-17/h3-9,11H,10H2,1-2H3,(H,21,22)/b12-9-. The van der Waals surface area contributed by atoms with Crippen molar-refractivity contribution >= 4 is 39.2 Å². The van der Waals surface area contributed by atoms with Crippen LogP contribution in [0.15, 0.2) is 36.5 Å². The Morgan fingerprint density at radius 3 is 2.83 bits per heavy atom. The molecule has 118 valence electrons. The largest absolute Gasteiger partial charge is 0.481 e. The smallest absolute Gasteiger partial charge is 0.307 e. The van der Waals surface area contributed by atoms with Crippen LogP contribution in [-0.2, 0) is 4.79 Å². The maximum atomic E-state index is 11.3. The third-order valence-electron chi connectivity index (χ3n) is 3.42. The van der Waals surface area contributed by atoms with Crippen LogP contribution in [0.4, 0.5) is 0 Å². The van der Waals surface area contributed by atoms with Gasteiger partial charge in [0.1, 0.15) is 5.01 Å². The zero-order chi connectivity index (χ0) is 16.4. The van der Waals surface area contributed by atoms with Gasteiger partial charge >= 0.3 is 5.97 Å². The summed E-state index contributed by atoms with van der Waals surface area (Å²) >= 11 is 1.51. The van der Waals surface area contributed by atoms with Crippen molar-refractivity contribution in [3.05, 3.63) is 47.2 Å². The van der Waals surface area contributed by atoms with Crippen LogP contribution >= 0.6 is 11.3 Å². The Bertz CT molecular complexity index is 844. The minimum Gasteiger partial charge on any atom is -0.481 e. The van der Waals surface area contributed by atoms with E-state index in [2.05, 4.69) is 10.1 Å². The van der Waals surface area contributed by atoms with Gasteiger partial charge < -0.3 is 5.11 Å². The van der Waals surface area contributed by atoms with Gasteiger partial charge in [-0.15, -0.1) is 11.3 Å². The van der Waals surface area contributed by atoms with E-state index in [0.717, 1.165) is 20.9 Å². The van der Waals surface area contributed by atoms with Gasteiger partial charge in [0.05, 0.1) is 22.3 Å². The molecule has 23 heavy (non-hydrogen) atoms. The molecule has 0 unspecified atom stereocenters. The number of hydrogen-bond acceptors (Lipinski definition) is 4. The van der Waals surface area contributed by atoms with Gasteiger partial charge in [-0.25, -0.2) is 4.98 Å². The first-order valence-corrected chi connectivity index (χ1v) is 8.18. The van der Waals surface area contributed by atoms with E-state index in [0.29, 0.717) is 5.57 Å². The predicted octanol–water partition coefficient (Wildman–Crippen LogP) is 4.09. The molecule has 0 amide bonds. The molecule has 0 aliphatic rings. The molecular formula is C17H17N3O2S. The molecule has 1 N–H and O–H groups in total. The molecule has 1 aromatic carbocycles. The van der Waals surface area contributed by atoms with Crippen molar-refractivity contribution in [1.29, 1.82) is 0 Å². The highest BCUT2D eigenvalue weighted by Crippen LogP contribution is 2.30. The summed E-state index contributed by atoms with van der Waals surface area (Å²) in [5.74, 6) is -0.869. The van der Waals surface area contributed by atoms with Crippen LogP contribution in [0.3, 0.4) is 0 Å². The summed E-state index contributed by atoms with van der Waals surface area (Å²) in [4.78, 5) is 15.8. The van der Waals surface area contributed by atoms with E-state index < -0.39 is 5.97 Å². The first kappa shape index (κ1) is 15.4. The number of aromatic nitrogens is 3. The molecule has 0 spiro atoms. The summed E-state index contributed by atoms with van der Waals surface area (Å²) in [6, 6.07) is 9.91. The second kappa shape index (κ2) is 6.34. The summed E-state index contributed by atoms with van der Waals surface area (Å²) in [5, 5.41) is 14.3. The Hall–Kier alpha value is -2.47. The van der Waals surface area contributed by atoms with Crippen molar-refractivity contribution in [2.24, 2.45) is 0 Å². The molecule has 2 heterocycles. The van der Waals surface area contributed by atoms with Crippen LogP contribution in [0.1, 0.15) is 37.0 Å². The third-order valence-corrected chi connectivity index (χ3v) is 4.53. The van der Waals surface area contributed by atoms with Crippen molar-refractivity contribution in [1.82, 2.24) is 14.8 Å². The van der Waals surface area contributed by atoms with Gasteiger partial charge in [-0.2, -0.15) is 5.10 Å². The lowest BCUT2D eigenvalue weighted by atomic mass is 10.1. The summed E-state index contributed by atoms with van der Waals surface area (Å²) in [6.07, 6.45) is 3.53. The van der Waals surface area contributed by atoms with E-state index in [1.54, 1.807) is 6.20 Å². The number of nitrogens with zero attached hydrogens (tertiary/aromatic N) is 3. The number of aliphatic carboxylic acids is 1. The Morgan fingerprint density at radius 1 is 1.35 bits per heavy atom. The fourth-order valence-electron chi connectivity index (χ4n) is 2.41. The highest BCUT2D eigenvalue weighted by atomic mass is 32.1.